The molecule has 5 nitrogen and oxygen atoms in total. The summed E-state index contributed by atoms with van der Waals surface area (Å²) >= 11 is 0. The molecule has 17 heavy (non-hydrogen) atoms. The lowest BCUT2D eigenvalue weighted by atomic mass is 10.2. The van der Waals surface area contributed by atoms with Crippen molar-refractivity contribution in [2.45, 2.75) is 32.4 Å². The van der Waals surface area contributed by atoms with Crippen LogP contribution < -0.4 is 0 Å². The molecule has 0 amide bonds. The number of ether oxygens (including phenoxy) is 3. The Morgan fingerprint density at radius 2 is 1.59 bits per heavy atom. The van der Waals surface area contributed by atoms with Gasteiger partial charge in [-0.2, -0.15) is 0 Å². The van der Waals surface area contributed by atoms with Gasteiger partial charge in [0.1, 0.15) is 5.76 Å². The minimum absolute atomic E-state index is 0.327. The molecule has 0 unspecified atom stereocenters. The molecule has 0 aliphatic carbocycles. The van der Waals surface area contributed by atoms with Gasteiger partial charge in [-0.05, 0) is 26.6 Å². The zero-order valence-corrected chi connectivity index (χ0v) is 12.6. The molecule has 0 saturated carbocycles. The van der Waals surface area contributed by atoms with Crippen LogP contribution in [0.3, 0.4) is 0 Å². The second-order valence-corrected chi connectivity index (χ2v) is 9.03. The zero-order valence-electron chi connectivity index (χ0n) is 11.6. The third-order valence-corrected chi connectivity index (χ3v) is 2.93. The van der Waals surface area contributed by atoms with Gasteiger partial charge in [0.15, 0.2) is 0 Å². The highest BCUT2D eigenvalue weighted by molar-refractivity contribution is 6.70. The summed E-state index contributed by atoms with van der Waals surface area (Å²) in [4.78, 5) is 11.3. The van der Waals surface area contributed by atoms with Crippen LogP contribution in [0.15, 0.2) is 11.8 Å². The van der Waals surface area contributed by atoms with E-state index in [0.29, 0.717) is 5.76 Å². The summed E-state index contributed by atoms with van der Waals surface area (Å²) in [6.45, 7) is 7.69. The molecular formula is C11H22O5Si. The summed E-state index contributed by atoms with van der Waals surface area (Å²) < 4.78 is 20.9. The van der Waals surface area contributed by atoms with Crippen LogP contribution in [0, 0.1) is 0 Å². The van der Waals surface area contributed by atoms with Crippen LogP contribution in [0.5, 0.6) is 0 Å². The van der Waals surface area contributed by atoms with E-state index in [1.165, 1.54) is 27.4 Å². The molecule has 0 bridgehead atoms. The molecule has 0 heterocycles. The van der Waals surface area contributed by atoms with Crippen molar-refractivity contribution < 1.29 is 23.4 Å². The van der Waals surface area contributed by atoms with E-state index in [0.717, 1.165) is 0 Å². The number of esters is 1. The van der Waals surface area contributed by atoms with Crippen molar-refractivity contribution in [2.24, 2.45) is 0 Å². The molecule has 6 heteroatoms. The van der Waals surface area contributed by atoms with Crippen LogP contribution in [0.1, 0.15) is 6.92 Å². The molecular weight excluding hydrogens is 240 g/mol. The predicted molar refractivity (Wildman–Crippen MR) is 67.0 cm³/mol. The number of carbonyl (C=O) groups excluding carboxylic acids is 1. The van der Waals surface area contributed by atoms with Crippen molar-refractivity contribution in [1.29, 1.82) is 0 Å². The number of carbonyl (C=O) groups is 1. The summed E-state index contributed by atoms with van der Waals surface area (Å²) in [5, 5.41) is 0. The van der Waals surface area contributed by atoms with Gasteiger partial charge in [-0.25, -0.2) is 4.79 Å². The molecule has 0 rings (SSSR count). The third-order valence-electron chi connectivity index (χ3n) is 2.09. The maximum atomic E-state index is 11.3. The van der Waals surface area contributed by atoms with Gasteiger partial charge in [-0.1, -0.05) is 0 Å². The Labute approximate surface area is 104 Å². The van der Waals surface area contributed by atoms with E-state index in [1.54, 1.807) is 6.92 Å². The van der Waals surface area contributed by atoms with Gasteiger partial charge in [0.05, 0.1) is 13.2 Å². The topological polar surface area (TPSA) is 54.0 Å². The van der Waals surface area contributed by atoms with Gasteiger partial charge in [-0.3, -0.25) is 0 Å². The number of hydrogen-bond donors (Lipinski definition) is 0. The maximum absolute atomic E-state index is 11.3. The highest BCUT2D eigenvalue weighted by atomic mass is 28.4. The first kappa shape index (κ1) is 16.1. The van der Waals surface area contributed by atoms with Crippen LogP contribution >= 0.6 is 0 Å². The molecule has 0 N–H and O–H groups in total. The third kappa shape index (κ3) is 5.34. The Bertz CT molecular complexity index is 289. The normalized spacial score (nSPS) is 13.5. The zero-order chi connectivity index (χ0) is 13.7. The number of rotatable bonds is 6. The molecule has 0 fully saturated rings. The van der Waals surface area contributed by atoms with Gasteiger partial charge >= 0.3 is 5.97 Å². The average Bonchev–Trinajstić information content (AvgIpc) is 2.25. The minimum Gasteiger partial charge on any atom is -0.543 e. The fraction of sp³-hybridized carbons (Fsp3) is 0.727. The molecule has 0 spiro atoms. The quantitative estimate of drug-likeness (QED) is 0.241. The highest BCUT2D eigenvalue weighted by Crippen LogP contribution is 2.26. The molecule has 0 radical (unpaired) electrons. The Morgan fingerprint density at radius 3 is 1.88 bits per heavy atom. The van der Waals surface area contributed by atoms with Crippen LogP contribution in [-0.2, 0) is 23.4 Å². The highest BCUT2D eigenvalue weighted by Gasteiger charge is 2.34. The van der Waals surface area contributed by atoms with E-state index in [9.17, 15) is 4.79 Å². The SMILES string of the molecule is COC(=O)/C=C(\O[Si](C)(C)C)C(C)(OC)OC. The van der Waals surface area contributed by atoms with Crippen molar-refractivity contribution in [3.63, 3.8) is 0 Å². The number of methoxy groups -OCH3 is 3. The summed E-state index contributed by atoms with van der Waals surface area (Å²) in [6.07, 6.45) is 1.26. The first-order valence-corrected chi connectivity index (χ1v) is 8.69. The standard InChI is InChI=1S/C11H22O5Si/c1-11(14-3,15-4)9(8-10(12)13-2)16-17(5,6)7/h8H,1-7H3/b9-8-. The van der Waals surface area contributed by atoms with E-state index in [1.807, 2.05) is 19.6 Å². The van der Waals surface area contributed by atoms with E-state index in [-0.39, 0.29) is 0 Å². The molecule has 0 aliphatic rings. The second-order valence-electron chi connectivity index (χ2n) is 4.60. The number of hydrogen-bond acceptors (Lipinski definition) is 5. The van der Waals surface area contributed by atoms with Crippen molar-refractivity contribution in [2.75, 3.05) is 21.3 Å². The monoisotopic (exact) mass is 262 g/mol. The Balaban J connectivity index is 5.25. The van der Waals surface area contributed by atoms with E-state index in [2.05, 4.69) is 4.74 Å². The fourth-order valence-electron chi connectivity index (χ4n) is 1.03. The molecule has 0 aliphatic heterocycles. The van der Waals surface area contributed by atoms with Crippen molar-refractivity contribution >= 4 is 14.3 Å². The first-order chi connectivity index (χ1) is 7.68. The van der Waals surface area contributed by atoms with Crippen molar-refractivity contribution in [1.82, 2.24) is 0 Å². The lowest BCUT2D eigenvalue weighted by Crippen LogP contribution is -2.39. The lowest BCUT2D eigenvalue weighted by molar-refractivity contribution is -0.182. The Hall–Kier alpha value is -0.853. The van der Waals surface area contributed by atoms with Crippen LogP contribution in [-0.4, -0.2) is 41.4 Å². The van der Waals surface area contributed by atoms with Crippen molar-refractivity contribution in [3.05, 3.63) is 11.8 Å². The maximum Gasteiger partial charge on any atom is 0.334 e. The predicted octanol–water partition coefficient (Wildman–Crippen LogP) is 1.90. The van der Waals surface area contributed by atoms with E-state index in [4.69, 9.17) is 13.9 Å². The Kier molecular flexibility index (Phi) is 5.87. The molecule has 0 aromatic heterocycles. The molecule has 0 aromatic rings. The van der Waals surface area contributed by atoms with Gasteiger partial charge < -0.3 is 18.6 Å². The van der Waals surface area contributed by atoms with Gasteiger partial charge in [0.2, 0.25) is 14.1 Å². The van der Waals surface area contributed by atoms with Crippen LogP contribution in [0.4, 0.5) is 0 Å². The Morgan fingerprint density at radius 1 is 1.12 bits per heavy atom. The first-order valence-electron chi connectivity index (χ1n) is 5.28. The fourth-order valence-corrected chi connectivity index (χ4v) is 1.94. The molecule has 0 aromatic carbocycles. The molecule has 0 atom stereocenters. The summed E-state index contributed by atoms with van der Waals surface area (Å²) in [5.74, 6) is -1.26. The van der Waals surface area contributed by atoms with Crippen LogP contribution in [0.2, 0.25) is 19.6 Å². The molecule has 0 saturated heterocycles. The van der Waals surface area contributed by atoms with Gasteiger partial charge in [0, 0.05) is 14.2 Å². The largest absolute Gasteiger partial charge is 0.543 e. The summed E-state index contributed by atoms with van der Waals surface area (Å²) in [6, 6.07) is 0. The van der Waals surface area contributed by atoms with Gasteiger partial charge in [-0.15, -0.1) is 0 Å². The molecule has 100 valence electrons. The van der Waals surface area contributed by atoms with E-state index >= 15 is 0 Å². The van der Waals surface area contributed by atoms with Crippen LogP contribution in [0.25, 0.3) is 0 Å². The lowest BCUT2D eigenvalue weighted by Gasteiger charge is -2.33. The van der Waals surface area contributed by atoms with E-state index < -0.39 is 20.1 Å². The average molecular weight is 262 g/mol. The summed E-state index contributed by atoms with van der Waals surface area (Å²) in [7, 11) is 2.41. The second kappa shape index (κ2) is 6.18. The summed E-state index contributed by atoms with van der Waals surface area (Å²) in [5.41, 5.74) is 0. The minimum atomic E-state index is -1.88. The van der Waals surface area contributed by atoms with Crippen molar-refractivity contribution in [3.8, 4) is 0 Å². The van der Waals surface area contributed by atoms with Gasteiger partial charge in [0.25, 0.3) is 0 Å². The smallest absolute Gasteiger partial charge is 0.334 e.